The third-order valence-electron chi connectivity index (χ3n) is 4.73. The summed E-state index contributed by atoms with van der Waals surface area (Å²) in [6.07, 6.45) is 5.31. The van der Waals surface area contributed by atoms with Gasteiger partial charge in [-0.2, -0.15) is 0 Å². The van der Waals surface area contributed by atoms with Gasteiger partial charge in [-0.3, -0.25) is 9.69 Å². The van der Waals surface area contributed by atoms with Crippen molar-refractivity contribution < 1.29 is 14.6 Å². The van der Waals surface area contributed by atoms with E-state index < -0.39 is 5.97 Å². The molecule has 0 aliphatic carbocycles. The SMILES string of the molecule is CCC1(C)CC(CC(=O)O)(N2CCCC2)CCO1. The van der Waals surface area contributed by atoms with Crippen LogP contribution < -0.4 is 0 Å². The first-order valence-electron chi connectivity index (χ1n) is 7.11. The maximum atomic E-state index is 11.3. The van der Waals surface area contributed by atoms with Crippen molar-refractivity contribution in [3.05, 3.63) is 0 Å². The highest BCUT2D eigenvalue weighted by molar-refractivity contribution is 5.68. The smallest absolute Gasteiger partial charge is 0.305 e. The number of aliphatic carboxylic acids is 1. The molecule has 2 saturated heterocycles. The molecule has 0 spiro atoms. The number of rotatable bonds is 4. The quantitative estimate of drug-likeness (QED) is 0.837. The van der Waals surface area contributed by atoms with Gasteiger partial charge in [-0.1, -0.05) is 6.92 Å². The van der Waals surface area contributed by atoms with Gasteiger partial charge in [-0.25, -0.2) is 0 Å². The van der Waals surface area contributed by atoms with E-state index >= 15 is 0 Å². The third-order valence-corrected chi connectivity index (χ3v) is 4.73. The van der Waals surface area contributed by atoms with Gasteiger partial charge in [0.25, 0.3) is 0 Å². The Hall–Kier alpha value is -0.610. The fourth-order valence-electron chi connectivity index (χ4n) is 3.56. The molecule has 104 valence electrons. The molecule has 2 aliphatic heterocycles. The molecule has 0 aromatic carbocycles. The van der Waals surface area contributed by atoms with Crippen LogP contribution in [0.4, 0.5) is 0 Å². The Kier molecular flexibility index (Phi) is 3.97. The minimum absolute atomic E-state index is 0.156. The first kappa shape index (κ1) is 13.8. The van der Waals surface area contributed by atoms with E-state index in [4.69, 9.17) is 4.74 Å². The van der Waals surface area contributed by atoms with Crippen molar-refractivity contribution in [3.8, 4) is 0 Å². The maximum absolute atomic E-state index is 11.3. The van der Waals surface area contributed by atoms with Crippen molar-refractivity contribution in [2.75, 3.05) is 19.7 Å². The second-order valence-corrected chi connectivity index (χ2v) is 6.07. The Labute approximate surface area is 109 Å². The van der Waals surface area contributed by atoms with Gasteiger partial charge in [0.1, 0.15) is 0 Å². The number of carboxylic acids is 1. The van der Waals surface area contributed by atoms with Gasteiger partial charge in [0.05, 0.1) is 12.0 Å². The van der Waals surface area contributed by atoms with Crippen LogP contribution in [-0.2, 0) is 9.53 Å². The fraction of sp³-hybridized carbons (Fsp3) is 0.929. The van der Waals surface area contributed by atoms with Gasteiger partial charge in [0.2, 0.25) is 0 Å². The van der Waals surface area contributed by atoms with Crippen LogP contribution in [0, 0.1) is 0 Å². The Bertz CT molecular complexity index is 314. The molecule has 2 atom stereocenters. The first-order chi connectivity index (χ1) is 8.50. The van der Waals surface area contributed by atoms with Crippen LogP contribution in [0.2, 0.25) is 0 Å². The average molecular weight is 255 g/mol. The van der Waals surface area contributed by atoms with Crippen LogP contribution >= 0.6 is 0 Å². The van der Waals surface area contributed by atoms with Gasteiger partial charge >= 0.3 is 5.97 Å². The Morgan fingerprint density at radius 2 is 2.06 bits per heavy atom. The van der Waals surface area contributed by atoms with Gasteiger partial charge in [-0.05, 0) is 52.1 Å². The average Bonchev–Trinajstić information content (AvgIpc) is 2.82. The molecule has 4 heteroatoms. The second-order valence-electron chi connectivity index (χ2n) is 6.07. The summed E-state index contributed by atoms with van der Waals surface area (Å²) >= 11 is 0. The molecular formula is C14H25NO3. The lowest BCUT2D eigenvalue weighted by molar-refractivity contribution is -0.153. The van der Waals surface area contributed by atoms with E-state index in [1.54, 1.807) is 0 Å². The molecule has 18 heavy (non-hydrogen) atoms. The lowest BCUT2D eigenvalue weighted by Gasteiger charge is -2.50. The summed E-state index contributed by atoms with van der Waals surface area (Å²) in [6, 6.07) is 0. The zero-order valence-corrected chi connectivity index (χ0v) is 11.6. The molecule has 2 rings (SSSR count). The second kappa shape index (κ2) is 5.17. The van der Waals surface area contributed by atoms with Gasteiger partial charge < -0.3 is 9.84 Å². The molecule has 2 fully saturated rings. The van der Waals surface area contributed by atoms with Gasteiger partial charge in [0, 0.05) is 12.1 Å². The summed E-state index contributed by atoms with van der Waals surface area (Å²) < 4.78 is 5.89. The van der Waals surface area contributed by atoms with Crippen LogP contribution in [-0.4, -0.2) is 46.8 Å². The number of likely N-dealkylation sites (tertiary alicyclic amines) is 1. The van der Waals surface area contributed by atoms with Crippen LogP contribution in [0.15, 0.2) is 0 Å². The van der Waals surface area contributed by atoms with Crippen LogP contribution in [0.5, 0.6) is 0 Å². The number of hydrogen-bond acceptors (Lipinski definition) is 3. The highest BCUT2D eigenvalue weighted by atomic mass is 16.5. The molecule has 0 bridgehead atoms. The predicted molar refractivity (Wildman–Crippen MR) is 69.7 cm³/mol. The van der Waals surface area contributed by atoms with Gasteiger partial charge in [-0.15, -0.1) is 0 Å². The highest BCUT2D eigenvalue weighted by Crippen LogP contribution is 2.41. The van der Waals surface area contributed by atoms with Crippen molar-refractivity contribution >= 4 is 5.97 Å². The van der Waals surface area contributed by atoms with E-state index in [1.807, 2.05) is 0 Å². The van der Waals surface area contributed by atoms with Crippen LogP contribution in [0.25, 0.3) is 0 Å². The summed E-state index contributed by atoms with van der Waals surface area (Å²) in [7, 11) is 0. The van der Waals surface area contributed by atoms with Crippen molar-refractivity contribution in [1.29, 1.82) is 0 Å². The molecule has 0 amide bonds. The molecule has 2 aliphatic rings. The van der Waals surface area contributed by atoms with E-state index in [-0.39, 0.29) is 17.6 Å². The minimum Gasteiger partial charge on any atom is -0.481 e. The fourth-order valence-corrected chi connectivity index (χ4v) is 3.56. The van der Waals surface area contributed by atoms with E-state index in [1.165, 1.54) is 12.8 Å². The number of carboxylic acid groups (broad SMARTS) is 1. The maximum Gasteiger partial charge on any atom is 0.305 e. The minimum atomic E-state index is -0.678. The number of ether oxygens (including phenoxy) is 1. The van der Waals surface area contributed by atoms with E-state index in [0.29, 0.717) is 6.61 Å². The summed E-state index contributed by atoms with van der Waals surface area (Å²) in [6.45, 7) is 7.04. The first-order valence-corrected chi connectivity index (χ1v) is 7.11. The summed E-state index contributed by atoms with van der Waals surface area (Å²) in [5.41, 5.74) is -0.332. The van der Waals surface area contributed by atoms with Crippen LogP contribution in [0.3, 0.4) is 0 Å². The monoisotopic (exact) mass is 255 g/mol. The summed E-state index contributed by atoms with van der Waals surface area (Å²) in [5, 5.41) is 9.27. The van der Waals surface area contributed by atoms with Gasteiger partial charge in [0.15, 0.2) is 0 Å². The summed E-state index contributed by atoms with van der Waals surface area (Å²) in [4.78, 5) is 13.7. The number of nitrogens with zero attached hydrogens (tertiary/aromatic N) is 1. The Balaban J connectivity index is 2.20. The topological polar surface area (TPSA) is 49.8 Å². The molecule has 0 aromatic heterocycles. The van der Waals surface area contributed by atoms with E-state index in [2.05, 4.69) is 18.7 Å². The van der Waals surface area contributed by atoms with Crippen molar-refractivity contribution in [1.82, 2.24) is 4.90 Å². The van der Waals surface area contributed by atoms with Crippen LogP contribution in [0.1, 0.15) is 52.4 Å². The standard InChI is InChI=1S/C14H25NO3/c1-3-13(2)11-14(6-9-18-13,10-12(16)17)15-7-4-5-8-15/h3-11H2,1-2H3,(H,16,17). The summed E-state index contributed by atoms with van der Waals surface area (Å²) in [5.74, 6) is -0.678. The zero-order chi connectivity index (χ0) is 13.2. The number of carbonyl (C=O) groups is 1. The van der Waals surface area contributed by atoms with E-state index in [9.17, 15) is 9.90 Å². The molecule has 1 N–H and O–H groups in total. The molecular weight excluding hydrogens is 230 g/mol. The highest BCUT2D eigenvalue weighted by Gasteiger charge is 2.47. The van der Waals surface area contributed by atoms with Crippen molar-refractivity contribution in [2.45, 2.75) is 63.5 Å². The normalized spacial score (nSPS) is 37.9. The zero-order valence-electron chi connectivity index (χ0n) is 11.6. The molecule has 2 heterocycles. The molecule has 0 aromatic rings. The Morgan fingerprint density at radius 1 is 1.39 bits per heavy atom. The van der Waals surface area contributed by atoms with Crippen molar-refractivity contribution in [2.24, 2.45) is 0 Å². The Morgan fingerprint density at radius 3 is 2.61 bits per heavy atom. The number of hydrogen-bond donors (Lipinski definition) is 1. The predicted octanol–water partition coefficient (Wildman–Crippen LogP) is 2.27. The molecule has 2 unspecified atom stereocenters. The molecule has 0 radical (unpaired) electrons. The largest absolute Gasteiger partial charge is 0.481 e. The van der Waals surface area contributed by atoms with E-state index in [0.717, 1.165) is 32.4 Å². The lowest BCUT2D eigenvalue weighted by Crippen LogP contribution is -2.57. The third kappa shape index (κ3) is 2.69. The lowest BCUT2D eigenvalue weighted by atomic mass is 9.76. The van der Waals surface area contributed by atoms with Crippen molar-refractivity contribution in [3.63, 3.8) is 0 Å². The molecule has 0 saturated carbocycles. The molecule has 4 nitrogen and oxygen atoms in total.